The first-order valence-corrected chi connectivity index (χ1v) is 12.4. The molecule has 15 nitrogen and oxygen atoms in total. The van der Waals surface area contributed by atoms with E-state index in [2.05, 4.69) is 51.8 Å². The monoisotopic (exact) mass is 568 g/mol. The third-order valence-corrected chi connectivity index (χ3v) is 5.65. The number of aliphatic hydroxyl groups is 2. The molecule has 0 aromatic carbocycles. The van der Waals surface area contributed by atoms with E-state index in [4.69, 9.17) is 10.8 Å². The Morgan fingerprint density at radius 1 is 0.757 bits per heavy atom. The first-order valence-electron chi connectivity index (χ1n) is 11.2. The van der Waals surface area contributed by atoms with Crippen molar-refractivity contribution in [1.82, 2.24) is 26.6 Å². The van der Waals surface area contributed by atoms with Crippen molar-refractivity contribution in [1.29, 1.82) is 0 Å². The maximum Gasteiger partial charge on any atom is 0.322 e. The Labute approximate surface area is 224 Å². The molecule has 0 heterocycles. The van der Waals surface area contributed by atoms with Gasteiger partial charge in [0.05, 0.1) is 18.8 Å². The van der Waals surface area contributed by atoms with Crippen molar-refractivity contribution in [3.8, 4) is 0 Å². The number of amides is 5. The Morgan fingerprint density at radius 2 is 1.27 bits per heavy atom. The number of nitrogens with one attached hydrogen (secondary N) is 5. The van der Waals surface area contributed by atoms with Crippen LogP contribution in [0, 0.1) is 5.92 Å². The number of rotatable bonds is 16. The number of nitrogens with two attached hydrogens (primary N) is 1. The molecular weight excluding hydrogens is 532 g/mol. The summed E-state index contributed by atoms with van der Waals surface area (Å²) in [5.41, 5.74) is 5.54. The molecule has 0 aliphatic rings. The highest BCUT2D eigenvalue weighted by Crippen LogP contribution is 2.05. The second-order valence-corrected chi connectivity index (χ2v) is 9.08. The summed E-state index contributed by atoms with van der Waals surface area (Å²) in [6.07, 6.45) is -1.44. The van der Waals surface area contributed by atoms with Crippen LogP contribution in [0.4, 0.5) is 0 Å². The molecule has 37 heavy (non-hydrogen) atoms. The van der Waals surface area contributed by atoms with Crippen molar-refractivity contribution in [3.05, 3.63) is 0 Å². The Hall–Kier alpha value is -2.60. The molecule has 0 saturated carbocycles. The van der Waals surface area contributed by atoms with Gasteiger partial charge in [-0.25, -0.2) is 0 Å². The van der Waals surface area contributed by atoms with Crippen LogP contribution in [0.1, 0.15) is 20.8 Å². The molecule has 10 N–H and O–H groups in total. The van der Waals surface area contributed by atoms with Gasteiger partial charge in [0.2, 0.25) is 29.5 Å². The van der Waals surface area contributed by atoms with Crippen molar-refractivity contribution in [2.45, 2.75) is 57.1 Å². The maximum absolute atomic E-state index is 12.9. The highest BCUT2D eigenvalue weighted by molar-refractivity contribution is 7.80. The minimum atomic E-state index is -1.57. The molecule has 0 saturated heterocycles. The molecule has 0 unspecified atom stereocenters. The van der Waals surface area contributed by atoms with Crippen LogP contribution in [-0.4, -0.2) is 112 Å². The van der Waals surface area contributed by atoms with Gasteiger partial charge in [-0.15, -0.1) is 0 Å². The van der Waals surface area contributed by atoms with E-state index in [0.29, 0.717) is 0 Å². The molecule has 0 aliphatic heterocycles. The number of aliphatic hydroxyl groups excluding tert-OH is 2. The summed E-state index contributed by atoms with van der Waals surface area (Å²) in [4.78, 5) is 72.9. The minimum Gasteiger partial charge on any atom is -0.480 e. The van der Waals surface area contributed by atoms with E-state index < -0.39 is 90.9 Å². The molecule has 0 bridgehead atoms. The topological polar surface area (TPSA) is 249 Å². The number of carboxylic acid groups (broad SMARTS) is 1. The fourth-order valence-corrected chi connectivity index (χ4v) is 3.16. The van der Waals surface area contributed by atoms with Crippen LogP contribution in [0.25, 0.3) is 0 Å². The zero-order valence-corrected chi connectivity index (χ0v) is 22.4. The molecule has 6 atom stereocenters. The molecule has 0 aromatic rings. The fraction of sp³-hybridized carbons (Fsp3) is 0.700. The fourth-order valence-electron chi connectivity index (χ4n) is 2.73. The van der Waals surface area contributed by atoms with Crippen LogP contribution in [0.3, 0.4) is 0 Å². The average Bonchev–Trinajstić information content (AvgIpc) is 2.84. The molecule has 0 rings (SSSR count). The first-order chi connectivity index (χ1) is 17.2. The molecule has 212 valence electrons. The van der Waals surface area contributed by atoms with E-state index in [1.165, 1.54) is 6.92 Å². The average molecular weight is 569 g/mol. The van der Waals surface area contributed by atoms with Crippen molar-refractivity contribution in [2.75, 3.05) is 24.7 Å². The van der Waals surface area contributed by atoms with Gasteiger partial charge in [0.15, 0.2) is 0 Å². The smallest absolute Gasteiger partial charge is 0.322 e. The van der Waals surface area contributed by atoms with Crippen molar-refractivity contribution >= 4 is 60.8 Å². The van der Waals surface area contributed by atoms with E-state index in [9.17, 15) is 39.0 Å². The first kappa shape index (κ1) is 34.4. The lowest BCUT2D eigenvalue weighted by atomic mass is 10.0. The van der Waals surface area contributed by atoms with E-state index >= 15 is 0 Å². The molecule has 0 fully saturated rings. The molecule has 0 aromatic heterocycles. The summed E-state index contributed by atoms with van der Waals surface area (Å²) in [5.74, 6) is -6.41. The summed E-state index contributed by atoms with van der Waals surface area (Å²) in [5, 5.41) is 39.5. The van der Waals surface area contributed by atoms with Crippen LogP contribution < -0.4 is 32.3 Å². The number of hydrogen-bond acceptors (Lipinski definition) is 11. The zero-order chi connectivity index (χ0) is 28.9. The van der Waals surface area contributed by atoms with Crippen LogP contribution in [0.2, 0.25) is 0 Å². The summed E-state index contributed by atoms with van der Waals surface area (Å²) in [7, 11) is 0. The van der Waals surface area contributed by atoms with Crippen LogP contribution in [0.5, 0.6) is 0 Å². The third-order valence-electron chi connectivity index (χ3n) is 4.89. The second-order valence-electron chi connectivity index (χ2n) is 8.35. The van der Waals surface area contributed by atoms with E-state index in [1.807, 2.05) is 0 Å². The second kappa shape index (κ2) is 17.0. The SMILES string of the molecule is CC(C)[C@H](NC(=O)[C@H](CO)NC(=O)[C@@H](N)CS)C(=O)N[C@H](C(=O)N[C@@H](CS)C(=O)NCC(=O)O)[C@@H](C)O. The number of carboxylic acids is 1. The number of carbonyl (C=O) groups is 6. The number of aliphatic carboxylic acids is 1. The van der Waals surface area contributed by atoms with Gasteiger partial charge in [-0.05, 0) is 12.8 Å². The van der Waals surface area contributed by atoms with Gasteiger partial charge in [-0.1, -0.05) is 13.8 Å². The maximum atomic E-state index is 12.9. The standard InChI is InChI=1S/C20H36N6O9S2/c1-8(2)14(25-18(33)11(5-27)23-16(31)10(21)6-36)19(34)26-15(9(3)28)20(35)24-12(7-37)17(32)22-4-13(29)30/h8-12,14-15,27-28,36-37H,4-7,21H2,1-3H3,(H,22,32)(H,23,31)(H,24,35)(H,25,33)(H,26,34)(H,29,30)/t9-,10+,11+,12+,14+,15+/m1/s1. The van der Waals surface area contributed by atoms with Crippen molar-refractivity contribution in [2.24, 2.45) is 11.7 Å². The molecule has 0 spiro atoms. The normalized spacial score (nSPS) is 15.8. The molecular formula is C20H36N6O9S2. The Kier molecular flexibility index (Phi) is 15.8. The van der Waals surface area contributed by atoms with Crippen LogP contribution >= 0.6 is 25.3 Å². The van der Waals surface area contributed by atoms with Gasteiger partial charge in [0.1, 0.15) is 30.7 Å². The number of hydrogen-bond donors (Lipinski definition) is 11. The summed E-state index contributed by atoms with van der Waals surface area (Å²) in [6.45, 7) is 2.87. The van der Waals surface area contributed by atoms with Crippen molar-refractivity contribution in [3.63, 3.8) is 0 Å². The highest BCUT2D eigenvalue weighted by atomic mass is 32.1. The quantitative estimate of drug-likeness (QED) is 0.0794. The predicted molar refractivity (Wildman–Crippen MR) is 138 cm³/mol. The Morgan fingerprint density at radius 3 is 1.70 bits per heavy atom. The summed E-state index contributed by atoms with van der Waals surface area (Å²) in [6, 6.07) is -6.56. The largest absolute Gasteiger partial charge is 0.480 e. The van der Waals surface area contributed by atoms with Gasteiger partial charge in [-0.2, -0.15) is 25.3 Å². The van der Waals surface area contributed by atoms with Crippen molar-refractivity contribution < 1.29 is 44.1 Å². The molecule has 0 radical (unpaired) electrons. The van der Waals surface area contributed by atoms with E-state index in [1.54, 1.807) is 13.8 Å². The zero-order valence-electron chi connectivity index (χ0n) is 20.6. The number of carbonyl (C=O) groups excluding carboxylic acids is 5. The predicted octanol–water partition coefficient (Wildman–Crippen LogP) is -4.66. The molecule has 17 heteroatoms. The lowest BCUT2D eigenvalue weighted by Crippen LogP contribution is -2.62. The van der Waals surface area contributed by atoms with Gasteiger partial charge in [-0.3, -0.25) is 28.8 Å². The number of thiol groups is 2. The summed E-state index contributed by atoms with van der Waals surface area (Å²) >= 11 is 7.83. The molecule has 5 amide bonds. The lowest BCUT2D eigenvalue weighted by Gasteiger charge is -2.28. The van der Waals surface area contributed by atoms with Gasteiger partial charge < -0.3 is 47.6 Å². The van der Waals surface area contributed by atoms with E-state index in [0.717, 1.165) is 0 Å². The van der Waals surface area contributed by atoms with Gasteiger partial charge >= 0.3 is 5.97 Å². The lowest BCUT2D eigenvalue weighted by molar-refractivity contribution is -0.139. The third kappa shape index (κ3) is 12.0. The van der Waals surface area contributed by atoms with Crippen LogP contribution in [-0.2, 0) is 28.8 Å². The Bertz CT molecular complexity index is 830. The van der Waals surface area contributed by atoms with E-state index in [-0.39, 0.29) is 11.5 Å². The molecule has 0 aliphatic carbocycles. The van der Waals surface area contributed by atoms with Gasteiger partial charge in [0.25, 0.3) is 0 Å². The summed E-state index contributed by atoms with van der Waals surface area (Å²) < 4.78 is 0. The highest BCUT2D eigenvalue weighted by Gasteiger charge is 2.34. The van der Waals surface area contributed by atoms with Gasteiger partial charge in [0, 0.05) is 11.5 Å². The Balaban J connectivity index is 5.47. The minimum absolute atomic E-state index is 0.0132. The van der Waals surface area contributed by atoms with Crippen LogP contribution in [0.15, 0.2) is 0 Å².